The first kappa shape index (κ1) is 22.1. The fourth-order valence-electron chi connectivity index (χ4n) is 2.67. The molecule has 0 fully saturated rings. The number of rotatable bonds is 5. The summed E-state index contributed by atoms with van der Waals surface area (Å²) in [5.74, 6) is 0.0618. The summed E-state index contributed by atoms with van der Waals surface area (Å²) < 4.78 is 7.33. The van der Waals surface area contributed by atoms with Crippen molar-refractivity contribution in [3.8, 4) is 5.75 Å². The molecule has 0 saturated carbocycles. The first-order chi connectivity index (χ1) is 14.2. The van der Waals surface area contributed by atoms with Crippen LogP contribution in [0.1, 0.15) is 5.56 Å². The first-order valence-corrected chi connectivity index (χ1v) is 10.6. The number of hydrogen-bond donors (Lipinski definition) is 2. The van der Waals surface area contributed by atoms with E-state index in [0.717, 1.165) is 25.3 Å². The van der Waals surface area contributed by atoms with Gasteiger partial charge in [0.15, 0.2) is 11.7 Å². The van der Waals surface area contributed by atoms with E-state index in [1.807, 2.05) is 24.3 Å². The number of hydrogen-bond acceptors (Lipinski definition) is 5. The Balaban J connectivity index is 1.61. The van der Waals surface area contributed by atoms with Gasteiger partial charge in [0.05, 0.1) is 9.40 Å². The van der Waals surface area contributed by atoms with Crippen molar-refractivity contribution in [2.45, 2.75) is 6.92 Å². The highest BCUT2D eigenvalue weighted by molar-refractivity contribution is 9.11. The number of non-ortho nitro benzene ring substituents is 1. The molecule has 0 saturated heterocycles. The van der Waals surface area contributed by atoms with E-state index in [4.69, 9.17) is 17.0 Å². The molecule has 0 aliphatic rings. The molecule has 2 N–H and O–H groups in total. The van der Waals surface area contributed by atoms with Gasteiger partial charge in [0.2, 0.25) is 0 Å². The third-order valence-corrected chi connectivity index (χ3v) is 5.69. The van der Waals surface area contributed by atoms with Gasteiger partial charge in [-0.15, -0.1) is 0 Å². The Hall–Kier alpha value is -2.56. The maximum atomic E-state index is 12.2. The van der Waals surface area contributed by atoms with Crippen LogP contribution in [0.15, 0.2) is 57.5 Å². The van der Waals surface area contributed by atoms with Gasteiger partial charge in [-0.3, -0.25) is 20.2 Å². The lowest BCUT2D eigenvalue weighted by molar-refractivity contribution is -0.384. The lowest BCUT2D eigenvalue weighted by Gasteiger charge is -2.13. The average Bonchev–Trinajstić information content (AvgIpc) is 2.68. The number of ether oxygens (including phenoxy) is 1. The molecule has 3 rings (SSSR count). The lowest BCUT2D eigenvalue weighted by Crippen LogP contribution is -2.37. The summed E-state index contributed by atoms with van der Waals surface area (Å²) in [7, 11) is 0. The summed E-state index contributed by atoms with van der Waals surface area (Å²) in [5.41, 5.74) is 1.12. The number of carbonyl (C=O) groups excluding carboxylic acids is 1. The molecule has 0 aliphatic heterocycles. The van der Waals surface area contributed by atoms with Gasteiger partial charge in [-0.05, 0) is 69.6 Å². The Labute approximate surface area is 194 Å². The number of nitrogens with zero attached hydrogens (tertiary/aromatic N) is 1. The van der Waals surface area contributed by atoms with Crippen molar-refractivity contribution in [2.75, 3.05) is 11.9 Å². The molecule has 0 spiro atoms. The van der Waals surface area contributed by atoms with Crippen LogP contribution in [0, 0.1) is 17.0 Å². The van der Waals surface area contributed by atoms with Crippen LogP contribution in [0.4, 0.5) is 11.4 Å². The number of fused-ring (bicyclic) bond motifs is 1. The van der Waals surface area contributed by atoms with Crippen LogP contribution in [0.5, 0.6) is 5.75 Å². The summed E-state index contributed by atoms with van der Waals surface area (Å²) in [5, 5.41) is 18.2. The van der Waals surface area contributed by atoms with Gasteiger partial charge in [-0.1, -0.05) is 34.1 Å². The minimum Gasteiger partial charge on any atom is -0.483 e. The molecule has 3 aromatic carbocycles. The standard InChI is InChI=1S/C20H15Br2N3O4S/c1-11-2-5-14(25(27)28)9-16(11)23-20(30)24-18(26)10-29-17-7-3-12-8-13(21)4-6-15(12)19(17)22/h2-9H,10H2,1H3,(H2,23,24,26,30). The van der Waals surface area contributed by atoms with Crippen LogP contribution in [0.2, 0.25) is 0 Å². The summed E-state index contributed by atoms with van der Waals surface area (Å²) in [6.07, 6.45) is 0. The minimum atomic E-state index is -0.500. The average molecular weight is 553 g/mol. The zero-order chi connectivity index (χ0) is 21.8. The molecule has 0 bridgehead atoms. The summed E-state index contributed by atoms with van der Waals surface area (Å²) in [4.78, 5) is 22.6. The zero-order valence-electron chi connectivity index (χ0n) is 15.6. The predicted octanol–water partition coefficient (Wildman–Crippen LogP) is 5.47. The van der Waals surface area contributed by atoms with Crippen LogP contribution in [-0.4, -0.2) is 22.5 Å². The normalized spacial score (nSPS) is 10.5. The second-order valence-corrected chi connectivity index (χ2v) is 8.41. The van der Waals surface area contributed by atoms with Crippen molar-refractivity contribution in [3.63, 3.8) is 0 Å². The minimum absolute atomic E-state index is 0.0228. The molecule has 3 aromatic rings. The van der Waals surface area contributed by atoms with Gasteiger partial charge >= 0.3 is 0 Å². The number of nitro benzene ring substituents is 1. The highest BCUT2D eigenvalue weighted by Gasteiger charge is 2.13. The van der Waals surface area contributed by atoms with E-state index in [2.05, 4.69) is 42.5 Å². The van der Waals surface area contributed by atoms with E-state index < -0.39 is 10.8 Å². The SMILES string of the molecule is Cc1ccc([N+](=O)[O-])cc1NC(=S)NC(=O)COc1ccc2cc(Br)ccc2c1Br. The lowest BCUT2D eigenvalue weighted by atomic mass is 10.1. The van der Waals surface area contributed by atoms with Crippen LogP contribution in [-0.2, 0) is 4.79 Å². The highest BCUT2D eigenvalue weighted by Crippen LogP contribution is 2.34. The van der Waals surface area contributed by atoms with E-state index in [9.17, 15) is 14.9 Å². The van der Waals surface area contributed by atoms with Gasteiger partial charge in [0.25, 0.3) is 11.6 Å². The fourth-order valence-corrected chi connectivity index (χ4v) is 3.88. The Morgan fingerprint density at radius 2 is 1.93 bits per heavy atom. The van der Waals surface area contributed by atoms with Gasteiger partial charge in [0.1, 0.15) is 5.75 Å². The first-order valence-electron chi connectivity index (χ1n) is 8.61. The molecule has 154 valence electrons. The molecule has 30 heavy (non-hydrogen) atoms. The van der Waals surface area contributed by atoms with Gasteiger partial charge in [-0.25, -0.2) is 0 Å². The number of nitrogens with one attached hydrogen (secondary N) is 2. The second-order valence-electron chi connectivity index (χ2n) is 6.29. The van der Waals surface area contributed by atoms with Crippen LogP contribution in [0.25, 0.3) is 10.8 Å². The zero-order valence-corrected chi connectivity index (χ0v) is 19.6. The second kappa shape index (κ2) is 9.50. The molecular formula is C20H15Br2N3O4S. The number of aryl methyl sites for hydroxylation is 1. The Kier molecular flexibility index (Phi) is 7.01. The number of thiocarbonyl (C=S) groups is 1. The van der Waals surface area contributed by atoms with Crippen molar-refractivity contribution in [3.05, 3.63) is 73.2 Å². The van der Waals surface area contributed by atoms with Crippen LogP contribution in [0.3, 0.4) is 0 Å². The van der Waals surface area contributed by atoms with E-state index in [-0.39, 0.29) is 17.4 Å². The molecule has 0 aromatic heterocycles. The molecule has 0 radical (unpaired) electrons. The molecule has 0 aliphatic carbocycles. The number of benzene rings is 3. The van der Waals surface area contributed by atoms with Crippen molar-refractivity contribution in [2.24, 2.45) is 0 Å². The van der Waals surface area contributed by atoms with Gasteiger partial charge < -0.3 is 10.1 Å². The predicted molar refractivity (Wildman–Crippen MR) is 127 cm³/mol. The van der Waals surface area contributed by atoms with Gasteiger partial charge in [0, 0.05) is 22.3 Å². The molecule has 0 atom stereocenters. The van der Waals surface area contributed by atoms with Crippen molar-refractivity contribution >= 4 is 77.2 Å². The van der Waals surface area contributed by atoms with Crippen molar-refractivity contribution < 1.29 is 14.5 Å². The number of nitro groups is 1. The molecule has 7 nitrogen and oxygen atoms in total. The largest absolute Gasteiger partial charge is 0.483 e. The van der Waals surface area contributed by atoms with Crippen LogP contribution >= 0.6 is 44.1 Å². The fraction of sp³-hybridized carbons (Fsp3) is 0.100. The number of anilines is 1. The molecule has 1 amide bonds. The van der Waals surface area contributed by atoms with E-state index in [1.165, 1.54) is 12.1 Å². The summed E-state index contributed by atoms with van der Waals surface area (Å²) >= 11 is 12.1. The quantitative estimate of drug-likeness (QED) is 0.247. The maximum absolute atomic E-state index is 12.2. The third kappa shape index (κ3) is 5.32. The number of halogens is 2. The molecular weight excluding hydrogens is 538 g/mol. The monoisotopic (exact) mass is 551 g/mol. The maximum Gasteiger partial charge on any atom is 0.271 e. The Bertz CT molecular complexity index is 1170. The Morgan fingerprint density at radius 1 is 1.17 bits per heavy atom. The smallest absolute Gasteiger partial charge is 0.271 e. The summed E-state index contributed by atoms with van der Waals surface area (Å²) in [6, 6.07) is 13.9. The molecule has 0 unspecified atom stereocenters. The highest BCUT2D eigenvalue weighted by atomic mass is 79.9. The van der Waals surface area contributed by atoms with E-state index >= 15 is 0 Å². The number of amides is 1. The Morgan fingerprint density at radius 3 is 2.67 bits per heavy atom. The van der Waals surface area contributed by atoms with Gasteiger partial charge in [-0.2, -0.15) is 0 Å². The van der Waals surface area contributed by atoms with E-state index in [0.29, 0.717) is 11.4 Å². The van der Waals surface area contributed by atoms with Crippen molar-refractivity contribution in [1.82, 2.24) is 5.32 Å². The number of carbonyl (C=O) groups is 1. The molecule has 0 heterocycles. The van der Waals surface area contributed by atoms with Crippen molar-refractivity contribution in [1.29, 1.82) is 0 Å². The summed E-state index contributed by atoms with van der Waals surface area (Å²) in [6.45, 7) is 1.52. The third-order valence-electron chi connectivity index (χ3n) is 4.17. The van der Waals surface area contributed by atoms with E-state index in [1.54, 1.807) is 19.1 Å². The van der Waals surface area contributed by atoms with Crippen LogP contribution < -0.4 is 15.4 Å². The topological polar surface area (TPSA) is 93.5 Å². The molecule has 10 heteroatoms.